The van der Waals surface area contributed by atoms with E-state index in [2.05, 4.69) is 14.7 Å². The summed E-state index contributed by atoms with van der Waals surface area (Å²) < 4.78 is 64.7. The smallest absolute Gasteiger partial charge is 0.415 e. The number of nitrogens with zero attached hydrogens (tertiary/aromatic N) is 2. The van der Waals surface area contributed by atoms with Gasteiger partial charge in [-0.2, -0.15) is 4.39 Å². The molecule has 1 aromatic heterocycles. The van der Waals surface area contributed by atoms with E-state index in [0.29, 0.717) is 23.6 Å². The van der Waals surface area contributed by atoms with Crippen molar-refractivity contribution in [1.29, 1.82) is 0 Å². The number of cyclic esters (lactones) is 1. The summed E-state index contributed by atoms with van der Waals surface area (Å²) >= 11 is 0. The fraction of sp³-hybridized carbons (Fsp3) is 0.263. The average Bonchev–Trinajstić information content (AvgIpc) is 3.28. The van der Waals surface area contributed by atoms with E-state index in [1.54, 1.807) is 18.2 Å². The molecule has 1 N–H and O–H groups in total. The minimum atomic E-state index is -3.20. The molecule has 1 fully saturated rings. The van der Waals surface area contributed by atoms with Crippen LogP contribution in [0.15, 0.2) is 36.7 Å². The van der Waals surface area contributed by atoms with E-state index < -0.39 is 42.0 Å². The summed E-state index contributed by atoms with van der Waals surface area (Å²) in [5.41, 5.74) is 1.56. The second-order valence-electron chi connectivity index (χ2n) is 6.71. The highest BCUT2D eigenvalue weighted by molar-refractivity contribution is 5.93. The number of carbonyl (C=O) groups excluding carboxylic acids is 1. The number of ether oxygens (including phenoxy) is 2. The molecule has 6 nitrogen and oxygen atoms in total. The zero-order chi connectivity index (χ0) is 20.8. The molecule has 10 heteroatoms. The van der Waals surface area contributed by atoms with Gasteiger partial charge in [0.25, 0.3) is 5.92 Å². The number of hydrogen-bond donors (Lipinski definition) is 1. The van der Waals surface area contributed by atoms with Gasteiger partial charge in [0, 0.05) is 12.5 Å². The summed E-state index contributed by atoms with van der Waals surface area (Å²) in [5.74, 6) is -6.54. The van der Waals surface area contributed by atoms with Crippen molar-refractivity contribution in [3.05, 3.63) is 53.9 Å². The van der Waals surface area contributed by atoms with E-state index in [1.807, 2.05) is 0 Å². The molecule has 0 radical (unpaired) electrons. The highest BCUT2D eigenvalue weighted by Gasteiger charge is 2.38. The van der Waals surface area contributed by atoms with Crippen LogP contribution in [0.25, 0.3) is 11.0 Å². The third-order valence-electron chi connectivity index (χ3n) is 4.47. The van der Waals surface area contributed by atoms with Gasteiger partial charge in [0.05, 0.1) is 23.0 Å². The number of amides is 1. The van der Waals surface area contributed by atoms with E-state index >= 15 is 0 Å². The van der Waals surface area contributed by atoms with Gasteiger partial charge < -0.3 is 14.5 Å². The quantitative estimate of drug-likeness (QED) is 0.627. The molecule has 3 aromatic rings. The Hall–Kier alpha value is -3.30. The molecule has 2 heterocycles. The highest BCUT2D eigenvalue weighted by Crippen LogP contribution is 2.37. The van der Waals surface area contributed by atoms with Crippen LogP contribution in [0.1, 0.15) is 18.5 Å². The fourth-order valence-electron chi connectivity index (χ4n) is 3.13. The van der Waals surface area contributed by atoms with Crippen molar-refractivity contribution in [2.45, 2.75) is 18.9 Å². The SMILES string of the molecule is CC(F)(F)COc1ccc(C2COC(=O)N2c2ccc3nc[nH]c3c2)c(F)c1F. The van der Waals surface area contributed by atoms with Crippen molar-refractivity contribution in [3.63, 3.8) is 0 Å². The summed E-state index contributed by atoms with van der Waals surface area (Å²) in [7, 11) is 0. The van der Waals surface area contributed by atoms with Crippen LogP contribution in [-0.4, -0.2) is 35.2 Å². The van der Waals surface area contributed by atoms with Gasteiger partial charge in [-0.25, -0.2) is 22.9 Å². The molecule has 1 saturated heterocycles. The van der Waals surface area contributed by atoms with E-state index in [1.165, 1.54) is 17.3 Å². The number of alkyl halides is 2. The molecule has 29 heavy (non-hydrogen) atoms. The maximum Gasteiger partial charge on any atom is 0.415 e. The summed E-state index contributed by atoms with van der Waals surface area (Å²) in [6.07, 6.45) is 0.765. The zero-order valence-corrected chi connectivity index (χ0v) is 15.1. The second-order valence-corrected chi connectivity index (χ2v) is 6.71. The summed E-state index contributed by atoms with van der Waals surface area (Å²) in [6, 6.07) is 6.21. The van der Waals surface area contributed by atoms with Gasteiger partial charge in [-0.1, -0.05) is 0 Å². The van der Waals surface area contributed by atoms with Crippen molar-refractivity contribution in [3.8, 4) is 5.75 Å². The fourth-order valence-corrected chi connectivity index (χ4v) is 3.13. The Morgan fingerprint density at radius 2 is 2.07 bits per heavy atom. The van der Waals surface area contributed by atoms with Gasteiger partial charge in [0.1, 0.15) is 12.6 Å². The van der Waals surface area contributed by atoms with E-state index in [9.17, 15) is 22.4 Å². The first kappa shape index (κ1) is 19.0. The molecule has 1 aliphatic rings. The lowest BCUT2D eigenvalue weighted by Crippen LogP contribution is -2.28. The van der Waals surface area contributed by atoms with Gasteiger partial charge in [0.15, 0.2) is 18.2 Å². The van der Waals surface area contributed by atoms with Gasteiger partial charge in [-0.3, -0.25) is 4.90 Å². The predicted molar refractivity (Wildman–Crippen MR) is 95.1 cm³/mol. The van der Waals surface area contributed by atoms with E-state index in [0.717, 1.165) is 6.07 Å². The van der Waals surface area contributed by atoms with Crippen molar-refractivity contribution < 1.29 is 31.8 Å². The first-order chi connectivity index (χ1) is 13.7. The van der Waals surface area contributed by atoms with Crippen molar-refractivity contribution >= 4 is 22.8 Å². The largest absolute Gasteiger partial charge is 0.484 e. The number of carbonyl (C=O) groups is 1. The molecule has 2 aromatic carbocycles. The topological polar surface area (TPSA) is 67.5 Å². The minimum Gasteiger partial charge on any atom is -0.484 e. The number of aromatic amines is 1. The zero-order valence-electron chi connectivity index (χ0n) is 15.1. The molecule has 1 aliphatic heterocycles. The number of fused-ring (bicyclic) bond motifs is 1. The van der Waals surface area contributed by atoms with Crippen LogP contribution in [0, 0.1) is 11.6 Å². The Labute approximate surface area is 162 Å². The molecular formula is C19H15F4N3O3. The predicted octanol–water partition coefficient (Wildman–Crippen LogP) is 4.57. The molecule has 152 valence electrons. The summed E-state index contributed by atoms with van der Waals surface area (Å²) in [6.45, 7) is -0.695. The Balaban J connectivity index is 1.67. The third kappa shape index (κ3) is 3.57. The Bertz CT molecular complexity index is 1080. The Morgan fingerprint density at radius 1 is 1.28 bits per heavy atom. The number of anilines is 1. The first-order valence-electron chi connectivity index (χ1n) is 8.62. The van der Waals surface area contributed by atoms with Crippen LogP contribution < -0.4 is 9.64 Å². The molecule has 0 bridgehead atoms. The Morgan fingerprint density at radius 3 is 2.83 bits per heavy atom. The standard InChI is InChI=1S/C19H15F4N3O3/c1-19(22,23)8-29-15-5-3-11(16(20)17(15)21)14-7-28-18(27)26(14)10-2-4-12-13(6-10)25-9-24-12/h2-6,9,14H,7-8H2,1H3,(H,24,25). The van der Waals surface area contributed by atoms with Crippen molar-refractivity contribution in [2.24, 2.45) is 0 Å². The number of aromatic nitrogens is 2. The number of imidazole rings is 1. The van der Waals surface area contributed by atoms with Crippen LogP contribution in [0.5, 0.6) is 5.75 Å². The van der Waals surface area contributed by atoms with E-state index in [-0.39, 0.29) is 12.2 Å². The van der Waals surface area contributed by atoms with E-state index in [4.69, 9.17) is 4.74 Å². The van der Waals surface area contributed by atoms with Crippen LogP contribution in [0.2, 0.25) is 0 Å². The monoisotopic (exact) mass is 409 g/mol. The first-order valence-corrected chi connectivity index (χ1v) is 8.62. The van der Waals surface area contributed by atoms with Crippen LogP contribution in [-0.2, 0) is 4.74 Å². The van der Waals surface area contributed by atoms with Crippen molar-refractivity contribution in [2.75, 3.05) is 18.1 Å². The number of halogens is 4. The molecule has 0 aliphatic carbocycles. The summed E-state index contributed by atoms with van der Waals surface area (Å²) in [5, 5.41) is 0. The lowest BCUT2D eigenvalue weighted by atomic mass is 10.0. The number of hydrogen-bond acceptors (Lipinski definition) is 4. The number of rotatable bonds is 5. The number of nitrogens with one attached hydrogen (secondary N) is 1. The van der Waals surface area contributed by atoms with Crippen LogP contribution >= 0.6 is 0 Å². The molecule has 4 rings (SSSR count). The number of H-pyrrole nitrogens is 1. The maximum absolute atomic E-state index is 14.7. The van der Waals surface area contributed by atoms with Gasteiger partial charge in [0.2, 0.25) is 5.82 Å². The van der Waals surface area contributed by atoms with Crippen molar-refractivity contribution in [1.82, 2.24) is 9.97 Å². The lowest BCUT2D eigenvalue weighted by molar-refractivity contribution is -0.0241. The van der Waals surface area contributed by atoms with Gasteiger partial charge >= 0.3 is 6.09 Å². The molecule has 1 amide bonds. The lowest BCUT2D eigenvalue weighted by Gasteiger charge is -2.23. The third-order valence-corrected chi connectivity index (χ3v) is 4.47. The molecule has 0 spiro atoms. The highest BCUT2D eigenvalue weighted by atomic mass is 19.3. The van der Waals surface area contributed by atoms with Crippen LogP contribution in [0.4, 0.5) is 28.0 Å². The van der Waals surface area contributed by atoms with Crippen LogP contribution in [0.3, 0.4) is 0 Å². The number of benzene rings is 2. The molecule has 0 saturated carbocycles. The second kappa shape index (κ2) is 6.94. The van der Waals surface area contributed by atoms with Gasteiger partial charge in [-0.15, -0.1) is 0 Å². The Kier molecular flexibility index (Phi) is 4.56. The molecular weight excluding hydrogens is 394 g/mol. The average molecular weight is 409 g/mol. The normalized spacial score (nSPS) is 17.1. The van der Waals surface area contributed by atoms with Gasteiger partial charge in [-0.05, 0) is 30.3 Å². The molecule has 1 unspecified atom stereocenters. The minimum absolute atomic E-state index is 0.159. The molecule has 1 atom stereocenters. The summed E-state index contributed by atoms with van der Waals surface area (Å²) in [4.78, 5) is 20.4. The maximum atomic E-state index is 14.7.